The molecule has 1 fully saturated rings. The highest BCUT2D eigenvalue weighted by molar-refractivity contribution is 5.86. The molecule has 4 nitrogen and oxygen atoms in total. The van der Waals surface area contributed by atoms with E-state index in [-0.39, 0.29) is 17.8 Å². The van der Waals surface area contributed by atoms with E-state index in [1.807, 2.05) is 4.90 Å². The molecule has 0 aliphatic carbocycles. The predicted molar refractivity (Wildman–Crippen MR) is 88.5 cm³/mol. The van der Waals surface area contributed by atoms with Gasteiger partial charge in [-0.25, -0.2) is 0 Å². The molecule has 4 heteroatoms. The fraction of sp³-hybridized carbons (Fsp3) is 0.889. The number of carbonyl (C=O) groups is 2. The number of likely N-dealkylation sites (tertiary alicyclic amines) is 1. The van der Waals surface area contributed by atoms with Gasteiger partial charge in [0.1, 0.15) is 0 Å². The number of hydrogen-bond acceptors (Lipinski definition) is 3. The minimum atomic E-state index is -0.242. The summed E-state index contributed by atoms with van der Waals surface area (Å²) in [4.78, 5) is 25.7. The molecule has 1 aliphatic heterocycles. The van der Waals surface area contributed by atoms with Crippen LogP contribution in [0, 0.1) is 5.92 Å². The van der Waals surface area contributed by atoms with Crippen LogP contribution in [-0.2, 0) is 14.3 Å². The molecule has 0 radical (unpaired) electrons. The van der Waals surface area contributed by atoms with Crippen molar-refractivity contribution in [3.8, 4) is 0 Å². The second kappa shape index (κ2) is 11.5. The van der Waals surface area contributed by atoms with Gasteiger partial charge in [0.05, 0.1) is 12.5 Å². The van der Waals surface area contributed by atoms with Gasteiger partial charge in [0, 0.05) is 19.5 Å². The van der Waals surface area contributed by atoms with Crippen LogP contribution >= 0.6 is 0 Å². The van der Waals surface area contributed by atoms with Gasteiger partial charge in [-0.05, 0) is 12.8 Å². The van der Waals surface area contributed by atoms with E-state index < -0.39 is 0 Å². The summed E-state index contributed by atoms with van der Waals surface area (Å²) in [6.07, 6.45) is 11.0. The van der Waals surface area contributed by atoms with Gasteiger partial charge < -0.3 is 9.64 Å². The molecule has 128 valence electrons. The molecular formula is C18H33NO3. The van der Waals surface area contributed by atoms with Crippen LogP contribution in [0.1, 0.15) is 78.1 Å². The second-order valence-electron chi connectivity index (χ2n) is 6.38. The Morgan fingerprint density at radius 2 is 1.68 bits per heavy atom. The summed E-state index contributed by atoms with van der Waals surface area (Å²) in [6, 6.07) is 0. The van der Waals surface area contributed by atoms with E-state index in [9.17, 15) is 9.59 Å². The number of ether oxygens (including phenoxy) is 1. The van der Waals surface area contributed by atoms with Crippen LogP contribution in [0.5, 0.6) is 0 Å². The maximum Gasteiger partial charge on any atom is 0.311 e. The lowest BCUT2D eigenvalue weighted by atomic mass is 10.1. The lowest BCUT2D eigenvalue weighted by Crippen LogP contribution is -2.27. The number of rotatable bonds is 12. The summed E-state index contributed by atoms with van der Waals surface area (Å²) in [5, 5.41) is 0. The van der Waals surface area contributed by atoms with Gasteiger partial charge in [0.15, 0.2) is 0 Å². The van der Waals surface area contributed by atoms with Crippen LogP contribution in [0.4, 0.5) is 0 Å². The van der Waals surface area contributed by atoms with Crippen molar-refractivity contribution in [3.05, 3.63) is 0 Å². The lowest BCUT2D eigenvalue weighted by molar-refractivity contribution is -0.148. The van der Waals surface area contributed by atoms with Gasteiger partial charge in [-0.15, -0.1) is 0 Å². The Kier molecular flexibility index (Phi) is 9.93. The van der Waals surface area contributed by atoms with Crippen molar-refractivity contribution >= 4 is 11.9 Å². The van der Waals surface area contributed by atoms with E-state index in [4.69, 9.17) is 4.74 Å². The third kappa shape index (κ3) is 7.28. The Hall–Kier alpha value is -1.06. The summed E-state index contributed by atoms with van der Waals surface area (Å²) in [5.74, 6) is -0.318. The number of carbonyl (C=O) groups excluding carboxylic acids is 2. The molecule has 1 atom stereocenters. The quantitative estimate of drug-likeness (QED) is 0.405. The van der Waals surface area contributed by atoms with E-state index in [1.165, 1.54) is 38.5 Å². The van der Waals surface area contributed by atoms with Crippen LogP contribution in [0.3, 0.4) is 0 Å². The smallest absolute Gasteiger partial charge is 0.311 e. The fourth-order valence-electron chi connectivity index (χ4n) is 2.84. The first kappa shape index (κ1) is 19.0. The molecule has 22 heavy (non-hydrogen) atoms. The first-order chi connectivity index (χ1) is 10.7. The number of unbranched alkanes of at least 4 members (excludes halogenated alkanes) is 7. The van der Waals surface area contributed by atoms with E-state index in [0.29, 0.717) is 19.6 Å². The van der Waals surface area contributed by atoms with Crippen LogP contribution < -0.4 is 0 Å². The van der Waals surface area contributed by atoms with E-state index in [0.717, 1.165) is 25.8 Å². The van der Waals surface area contributed by atoms with Gasteiger partial charge in [-0.2, -0.15) is 0 Å². The summed E-state index contributed by atoms with van der Waals surface area (Å²) in [5.41, 5.74) is 0. The maximum atomic E-state index is 11.9. The number of nitrogens with zero attached hydrogens (tertiary/aromatic N) is 1. The Morgan fingerprint density at radius 3 is 2.36 bits per heavy atom. The zero-order valence-electron chi connectivity index (χ0n) is 14.4. The molecule has 0 N–H and O–H groups in total. The first-order valence-electron chi connectivity index (χ1n) is 9.13. The van der Waals surface area contributed by atoms with Crippen LogP contribution in [0.2, 0.25) is 0 Å². The molecule has 1 aliphatic rings. The van der Waals surface area contributed by atoms with Gasteiger partial charge in [-0.1, -0.05) is 58.8 Å². The lowest BCUT2D eigenvalue weighted by Gasteiger charge is -2.16. The topological polar surface area (TPSA) is 46.6 Å². The van der Waals surface area contributed by atoms with Gasteiger partial charge in [0.25, 0.3) is 0 Å². The molecule has 0 spiro atoms. The Labute approximate surface area is 135 Å². The molecule has 0 aromatic heterocycles. The molecule has 0 aromatic rings. The first-order valence-corrected chi connectivity index (χ1v) is 9.13. The van der Waals surface area contributed by atoms with E-state index >= 15 is 0 Å². The van der Waals surface area contributed by atoms with Crippen molar-refractivity contribution in [1.29, 1.82) is 0 Å². The molecule has 0 saturated carbocycles. The average Bonchev–Trinajstić information content (AvgIpc) is 2.88. The van der Waals surface area contributed by atoms with Crippen molar-refractivity contribution in [1.82, 2.24) is 4.90 Å². The molecule has 0 aromatic carbocycles. The summed E-state index contributed by atoms with van der Waals surface area (Å²) in [7, 11) is 0. The molecule has 1 unspecified atom stereocenters. The van der Waals surface area contributed by atoms with Gasteiger partial charge >= 0.3 is 5.97 Å². The zero-order valence-corrected chi connectivity index (χ0v) is 14.4. The molecule has 1 heterocycles. The van der Waals surface area contributed by atoms with E-state index in [2.05, 4.69) is 13.8 Å². The predicted octanol–water partition coefficient (Wildman–Crippen LogP) is 3.93. The van der Waals surface area contributed by atoms with Crippen molar-refractivity contribution in [3.63, 3.8) is 0 Å². The molecule has 1 saturated heterocycles. The van der Waals surface area contributed by atoms with E-state index in [1.54, 1.807) is 0 Å². The highest BCUT2D eigenvalue weighted by atomic mass is 16.5. The van der Waals surface area contributed by atoms with Gasteiger partial charge in [0.2, 0.25) is 5.91 Å². The van der Waals surface area contributed by atoms with Crippen molar-refractivity contribution in [2.45, 2.75) is 78.1 Å². The summed E-state index contributed by atoms with van der Waals surface area (Å²) in [6.45, 7) is 6.13. The normalized spacial score (nSPS) is 18.0. The third-order valence-corrected chi connectivity index (χ3v) is 4.32. The minimum Gasteiger partial charge on any atom is -0.465 e. The largest absolute Gasteiger partial charge is 0.465 e. The van der Waals surface area contributed by atoms with Crippen LogP contribution in [0.15, 0.2) is 0 Å². The fourth-order valence-corrected chi connectivity index (χ4v) is 2.84. The van der Waals surface area contributed by atoms with Crippen molar-refractivity contribution < 1.29 is 14.3 Å². The maximum absolute atomic E-state index is 11.9. The monoisotopic (exact) mass is 311 g/mol. The highest BCUT2D eigenvalue weighted by Crippen LogP contribution is 2.20. The number of hydrogen-bond donors (Lipinski definition) is 0. The van der Waals surface area contributed by atoms with Crippen LogP contribution in [0.25, 0.3) is 0 Å². The summed E-state index contributed by atoms with van der Waals surface area (Å²) >= 11 is 0. The standard InChI is InChI=1S/C18H33NO3/c1-3-5-7-8-9-10-11-12-19-15-16(14-17(19)20)18(21)22-13-6-4-2/h16H,3-15H2,1-2H3. The Morgan fingerprint density at radius 1 is 1.05 bits per heavy atom. The molecule has 1 amide bonds. The Bertz CT molecular complexity index is 330. The molecule has 1 rings (SSSR count). The average molecular weight is 311 g/mol. The number of esters is 1. The highest BCUT2D eigenvalue weighted by Gasteiger charge is 2.34. The SMILES string of the molecule is CCCCCCCCCN1CC(C(=O)OCCCC)CC1=O. The minimum absolute atomic E-state index is 0.114. The molecule has 0 bridgehead atoms. The molecular weight excluding hydrogens is 278 g/mol. The second-order valence-corrected chi connectivity index (χ2v) is 6.38. The third-order valence-electron chi connectivity index (χ3n) is 4.32. The summed E-state index contributed by atoms with van der Waals surface area (Å²) < 4.78 is 5.23. The number of amides is 1. The van der Waals surface area contributed by atoms with Crippen LogP contribution in [-0.4, -0.2) is 36.5 Å². The zero-order chi connectivity index (χ0) is 16.2. The van der Waals surface area contributed by atoms with Crippen molar-refractivity contribution in [2.75, 3.05) is 19.7 Å². The van der Waals surface area contributed by atoms with Gasteiger partial charge in [-0.3, -0.25) is 9.59 Å². The Balaban J connectivity index is 2.13. The van der Waals surface area contributed by atoms with Crippen molar-refractivity contribution in [2.24, 2.45) is 5.92 Å².